The van der Waals surface area contributed by atoms with Crippen LogP contribution in [0.1, 0.15) is 27.9 Å². The average molecular weight is 265 g/mol. The van der Waals surface area contributed by atoms with Gasteiger partial charge in [-0.1, -0.05) is 17.7 Å². The lowest BCUT2D eigenvalue weighted by molar-refractivity contribution is 0.509. The van der Waals surface area contributed by atoms with Crippen molar-refractivity contribution in [1.29, 1.82) is 0 Å². The van der Waals surface area contributed by atoms with Gasteiger partial charge < -0.3 is 0 Å². The molecule has 2 rings (SSSR count). The van der Waals surface area contributed by atoms with Gasteiger partial charge in [0.1, 0.15) is 5.82 Å². The molecule has 1 unspecified atom stereocenters. The standard InChI is InChI=1S/C13H16FN3S/c1-8-3-4-11(14)10(5-8)12(17-15)6-13-16-9(2)7-18-13/h3-5,7,12,17H,6,15H2,1-2H3. The van der Waals surface area contributed by atoms with Crippen LogP contribution in [0.5, 0.6) is 0 Å². The van der Waals surface area contributed by atoms with Gasteiger partial charge >= 0.3 is 0 Å². The zero-order chi connectivity index (χ0) is 13.1. The van der Waals surface area contributed by atoms with Gasteiger partial charge in [0.15, 0.2) is 0 Å². The predicted octanol–water partition coefficient (Wildman–Crippen LogP) is 2.65. The van der Waals surface area contributed by atoms with Gasteiger partial charge in [-0.15, -0.1) is 11.3 Å². The molecular formula is C13H16FN3S. The van der Waals surface area contributed by atoms with Gasteiger partial charge in [0.2, 0.25) is 0 Å². The second-order valence-electron chi connectivity index (χ2n) is 4.33. The van der Waals surface area contributed by atoms with Crippen molar-refractivity contribution in [2.45, 2.75) is 26.3 Å². The lowest BCUT2D eigenvalue weighted by Gasteiger charge is -2.16. The van der Waals surface area contributed by atoms with Crippen molar-refractivity contribution in [2.75, 3.05) is 0 Å². The molecule has 0 aliphatic carbocycles. The lowest BCUT2D eigenvalue weighted by atomic mass is 10.0. The minimum Gasteiger partial charge on any atom is -0.271 e. The first-order chi connectivity index (χ1) is 8.60. The number of hydrogen-bond acceptors (Lipinski definition) is 4. The lowest BCUT2D eigenvalue weighted by Crippen LogP contribution is -2.30. The maximum atomic E-state index is 13.8. The number of nitrogens with zero attached hydrogens (tertiary/aromatic N) is 1. The highest BCUT2D eigenvalue weighted by molar-refractivity contribution is 7.09. The maximum Gasteiger partial charge on any atom is 0.128 e. The third-order valence-corrected chi connectivity index (χ3v) is 3.76. The first kappa shape index (κ1) is 13.1. The summed E-state index contributed by atoms with van der Waals surface area (Å²) < 4.78 is 13.8. The Kier molecular flexibility index (Phi) is 4.06. The van der Waals surface area contributed by atoms with Crippen LogP contribution in [0.4, 0.5) is 4.39 Å². The molecule has 1 aromatic heterocycles. The highest BCUT2D eigenvalue weighted by Crippen LogP contribution is 2.23. The Morgan fingerprint density at radius 3 is 2.83 bits per heavy atom. The van der Waals surface area contributed by atoms with Crippen LogP contribution >= 0.6 is 11.3 Å². The van der Waals surface area contributed by atoms with Crippen molar-refractivity contribution in [1.82, 2.24) is 10.4 Å². The summed E-state index contributed by atoms with van der Waals surface area (Å²) in [4.78, 5) is 4.38. The number of rotatable bonds is 4. The zero-order valence-electron chi connectivity index (χ0n) is 10.4. The zero-order valence-corrected chi connectivity index (χ0v) is 11.2. The minimum absolute atomic E-state index is 0.239. The number of aryl methyl sites for hydroxylation is 2. The Labute approximate surface area is 110 Å². The van der Waals surface area contributed by atoms with E-state index in [0.29, 0.717) is 12.0 Å². The third kappa shape index (κ3) is 2.93. The summed E-state index contributed by atoms with van der Waals surface area (Å²) in [5.41, 5.74) is 5.26. The summed E-state index contributed by atoms with van der Waals surface area (Å²) in [6, 6.07) is 4.79. The second kappa shape index (κ2) is 5.56. The number of nitrogens with one attached hydrogen (secondary N) is 1. The van der Waals surface area contributed by atoms with Crippen molar-refractivity contribution in [3.8, 4) is 0 Å². The van der Waals surface area contributed by atoms with Gasteiger partial charge in [0.05, 0.1) is 11.0 Å². The molecule has 18 heavy (non-hydrogen) atoms. The molecule has 1 aromatic carbocycles. The van der Waals surface area contributed by atoms with Crippen molar-refractivity contribution in [2.24, 2.45) is 5.84 Å². The van der Waals surface area contributed by atoms with Crippen LogP contribution < -0.4 is 11.3 Å². The molecule has 5 heteroatoms. The van der Waals surface area contributed by atoms with Gasteiger partial charge in [-0.3, -0.25) is 11.3 Å². The number of halogens is 1. The highest BCUT2D eigenvalue weighted by Gasteiger charge is 2.16. The molecule has 0 radical (unpaired) electrons. The molecule has 0 spiro atoms. The summed E-state index contributed by atoms with van der Waals surface area (Å²) in [5.74, 6) is 5.30. The van der Waals surface area contributed by atoms with Gasteiger partial charge in [-0.2, -0.15) is 0 Å². The topological polar surface area (TPSA) is 50.9 Å². The second-order valence-corrected chi connectivity index (χ2v) is 5.27. The summed E-state index contributed by atoms with van der Waals surface area (Å²) in [6.45, 7) is 3.88. The Hall–Kier alpha value is -1.30. The van der Waals surface area contributed by atoms with Crippen LogP contribution in [0.25, 0.3) is 0 Å². The van der Waals surface area contributed by atoms with E-state index >= 15 is 0 Å². The van der Waals surface area contributed by atoms with Crippen LogP contribution in [0.2, 0.25) is 0 Å². The number of benzene rings is 1. The van der Waals surface area contributed by atoms with Crippen molar-refractivity contribution in [3.05, 3.63) is 51.2 Å². The van der Waals surface area contributed by atoms with E-state index in [0.717, 1.165) is 16.3 Å². The molecule has 0 aliphatic rings. The quantitative estimate of drug-likeness (QED) is 0.660. The van der Waals surface area contributed by atoms with Crippen molar-refractivity contribution < 1.29 is 4.39 Å². The van der Waals surface area contributed by atoms with Gasteiger partial charge in [-0.25, -0.2) is 9.37 Å². The van der Waals surface area contributed by atoms with E-state index in [4.69, 9.17) is 5.84 Å². The van der Waals surface area contributed by atoms with Crippen LogP contribution in [-0.2, 0) is 6.42 Å². The molecule has 0 fully saturated rings. The van der Waals surface area contributed by atoms with Crippen LogP contribution in [0.3, 0.4) is 0 Å². The third-order valence-electron chi connectivity index (χ3n) is 2.77. The molecular weight excluding hydrogens is 249 g/mol. The molecule has 3 nitrogen and oxygen atoms in total. The van der Waals surface area contributed by atoms with Gasteiger partial charge in [0.25, 0.3) is 0 Å². The maximum absolute atomic E-state index is 13.8. The smallest absolute Gasteiger partial charge is 0.128 e. The molecule has 0 aliphatic heterocycles. The fraction of sp³-hybridized carbons (Fsp3) is 0.308. The molecule has 0 bridgehead atoms. The van der Waals surface area contributed by atoms with E-state index in [1.807, 2.05) is 25.3 Å². The van der Waals surface area contributed by atoms with Crippen LogP contribution in [-0.4, -0.2) is 4.98 Å². The van der Waals surface area contributed by atoms with Crippen LogP contribution in [0.15, 0.2) is 23.6 Å². The first-order valence-corrected chi connectivity index (χ1v) is 6.61. The van der Waals surface area contributed by atoms with Gasteiger partial charge in [-0.05, 0) is 19.9 Å². The minimum atomic E-state index is -0.254. The average Bonchev–Trinajstić information content (AvgIpc) is 2.75. The van der Waals surface area contributed by atoms with Crippen molar-refractivity contribution in [3.63, 3.8) is 0 Å². The summed E-state index contributed by atoms with van der Waals surface area (Å²) in [7, 11) is 0. The van der Waals surface area contributed by atoms with E-state index in [1.165, 1.54) is 6.07 Å². The Morgan fingerprint density at radius 2 is 2.22 bits per heavy atom. The van der Waals surface area contributed by atoms with E-state index in [2.05, 4.69) is 10.4 Å². The first-order valence-electron chi connectivity index (χ1n) is 5.73. The SMILES string of the molecule is Cc1ccc(F)c(C(Cc2nc(C)cs2)NN)c1. The molecule has 96 valence electrons. The molecule has 0 saturated heterocycles. The highest BCUT2D eigenvalue weighted by atomic mass is 32.1. The van der Waals surface area contributed by atoms with E-state index in [1.54, 1.807) is 17.4 Å². The van der Waals surface area contributed by atoms with Crippen molar-refractivity contribution >= 4 is 11.3 Å². The predicted molar refractivity (Wildman–Crippen MR) is 71.8 cm³/mol. The van der Waals surface area contributed by atoms with E-state index in [-0.39, 0.29) is 11.9 Å². The summed E-state index contributed by atoms with van der Waals surface area (Å²) in [5, 5.41) is 2.94. The largest absolute Gasteiger partial charge is 0.271 e. The molecule has 0 amide bonds. The van der Waals surface area contributed by atoms with Crippen LogP contribution in [0, 0.1) is 19.7 Å². The normalized spacial score (nSPS) is 12.7. The van der Waals surface area contributed by atoms with E-state index < -0.39 is 0 Å². The van der Waals surface area contributed by atoms with E-state index in [9.17, 15) is 4.39 Å². The molecule has 1 atom stereocenters. The number of hydrazine groups is 1. The summed E-state index contributed by atoms with van der Waals surface area (Å²) in [6.07, 6.45) is 0.593. The number of aromatic nitrogens is 1. The monoisotopic (exact) mass is 265 g/mol. The fourth-order valence-electron chi connectivity index (χ4n) is 1.86. The Bertz CT molecular complexity index is 539. The number of thiazole rings is 1. The fourth-order valence-corrected chi connectivity index (χ4v) is 2.68. The Morgan fingerprint density at radius 1 is 1.44 bits per heavy atom. The molecule has 0 saturated carbocycles. The van der Waals surface area contributed by atoms with Gasteiger partial charge in [0, 0.05) is 23.1 Å². The Balaban J connectivity index is 2.25. The molecule has 3 N–H and O–H groups in total. The molecule has 1 heterocycles. The number of hydrogen-bond donors (Lipinski definition) is 2. The summed E-state index contributed by atoms with van der Waals surface area (Å²) >= 11 is 1.57. The number of nitrogens with two attached hydrogens (primary N) is 1. The molecule has 2 aromatic rings.